The molecular weight excluding hydrogens is 154 g/mol. The minimum absolute atomic E-state index is 0.0452. The third kappa shape index (κ3) is 3.72. The number of hydrogen-bond acceptors (Lipinski definition) is 2. The standard InChI is InChI=1S/C8H14O2.CH5N/c1-6-2-4-7(5-3-6)8(9)10;1-2/h6-7H,2-5H2,1H3,(H,9,10);2H2,1H3. The average Bonchev–Trinajstić information content (AvgIpc) is 2.09. The first-order valence-electron chi connectivity index (χ1n) is 4.50. The summed E-state index contributed by atoms with van der Waals surface area (Å²) >= 11 is 0. The molecule has 1 rings (SSSR count). The van der Waals surface area contributed by atoms with Gasteiger partial charge >= 0.3 is 5.97 Å². The first kappa shape index (κ1) is 11.4. The van der Waals surface area contributed by atoms with Gasteiger partial charge in [-0.1, -0.05) is 6.92 Å². The normalized spacial score (nSPS) is 28.6. The number of nitrogens with two attached hydrogens (primary N) is 1. The molecule has 3 heteroatoms. The van der Waals surface area contributed by atoms with Crippen LogP contribution in [-0.4, -0.2) is 18.1 Å². The van der Waals surface area contributed by atoms with E-state index in [9.17, 15) is 4.79 Å². The second kappa shape index (κ2) is 6.00. The Morgan fingerprint density at radius 2 is 1.67 bits per heavy atom. The summed E-state index contributed by atoms with van der Waals surface area (Å²) in [4.78, 5) is 10.5. The Balaban J connectivity index is 0.000000561. The van der Waals surface area contributed by atoms with Crippen molar-refractivity contribution in [3.63, 3.8) is 0 Å². The van der Waals surface area contributed by atoms with Crippen molar-refractivity contribution in [1.82, 2.24) is 0 Å². The first-order valence-corrected chi connectivity index (χ1v) is 4.50. The average molecular weight is 173 g/mol. The van der Waals surface area contributed by atoms with E-state index in [1.165, 1.54) is 7.05 Å². The summed E-state index contributed by atoms with van der Waals surface area (Å²) in [6.07, 6.45) is 3.96. The van der Waals surface area contributed by atoms with Crippen molar-refractivity contribution in [2.75, 3.05) is 7.05 Å². The Labute approximate surface area is 74.0 Å². The van der Waals surface area contributed by atoms with Crippen LogP contribution in [-0.2, 0) is 4.79 Å². The highest BCUT2D eigenvalue weighted by Gasteiger charge is 2.23. The molecule has 0 radical (unpaired) electrons. The largest absolute Gasteiger partial charge is 0.481 e. The molecule has 12 heavy (non-hydrogen) atoms. The zero-order valence-corrected chi connectivity index (χ0v) is 7.92. The molecule has 0 saturated heterocycles. The van der Waals surface area contributed by atoms with Crippen molar-refractivity contribution in [1.29, 1.82) is 0 Å². The van der Waals surface area contributed by atoms with Gasteiger partial charge in [0.2, 0.25) is 0 Å². The van der Waals surface area contributed by atoms with Gasteiger partial charge in [-0.2, -0.15) is 0 Å². The molecule has 0 spiro atoms. The maximum absolute atomic E-state index is 10.5. The van der Waals surface area contributed by atoms with E-state index in [-0.39, 0.29) is 5.92 Å². The van der Waals surface area contributed by atoms with Gasteiger partial charge in [0, 0.05) is 0 Å². The van der Waals surface area contributed by atoms with Crippen molar-refractivity contribution in [3.05, 3.63) is 0 Å². The predicted octanol–water partition coefficient (Wildman–Crippen LogP) is 1.47. The molecular formula is C9H19NO2. The summed E-state index contributed by atoms with van der Waals surface area (Å²) in [5.74, 6) is 0.0960. The summed E-state index contributed by atoms with van der Waals surface area (Å²) in [6.45, 7) is 2.19. The first-order chi connectivity index (χ1) is 5.70. The highest BCUT2D eigenvalue weighted by atomic mass is 16.4. The molecule has 0 aliphatic heterocycles. The molecule has 1 aliphatic carbocycles. The summed E-state index contributed by atoms with van der Waals surface area (Å²) in [7, 11) is 1.50. The van der Waals surface area contributed by atoms with E-state index >= 15 is 0 Å². The second-order valence-electron chi connectivity index (χ2n) is 3.30. The van der Waals surface area contributed by atoms with Gasteiger partial charge in [0.15, 0.2) is 0 Å². The molecule has 0 heterocycles. The van der Waals surface area contributed by atoms with Crippen molar-refractivity contribution < 1.29 is 9.90 Å². The topological polar surface area (TPSA) is 63.3 Å². The molecule has 0 amide bonds. The van der Waals surface area contributed by atoms with Crippen LogP contribution >= 0.6 is 0 Å². The van der Waals surface area contributed by atoms with E-state index in [1.54, 1.807) is 0 Å². The number of hydrogen-bond donors (Lipinski definition) is 2. The van der Waals surface area contributed by atoms with Crippen LogP contribution in [0, 0.1) is 11.8 Å². The fraction of sp³-hybridized carbons (Fsp3) is 0.889. The van der Waals surface area contributed by atoms with Crippen LogP contribution in [0.3, 0.4) is 0 Å². The van der Waals surface area contributed by atoms with Gasteiger partial charge in [0.25, 0.3) is 0 Å². The van der Waals surface area contributed by atoms with Crippen LogP contribution in [0.5, 0.6) is 0 Å². The molecule has 3 nitrogen and oxygen atoms in total. The monoisotopic (exact) mass is 173 g/mol. The van der Waals surface area contributed by atoms with Gasteiger partial charge in [0.1, 0.15) is 0 Å². The Kier molecular flexibility index (Phi) is 5.72. The molecule has 0 aromatic carbocycles. The van der Waals surface area contributed by atoms with E-state index in [4.69, 9.17) is 5.11 Å². The maximum atomic E-state index is 10.5. The third-order valence-electron chi connectivity index (χ3n) is 2.37. The molecule has 0 unspecified atom stereocenters. The number of rotatable bonds is 1. The second-order valence-corrected chi connectivity index (χ2v) is 3.30. The summed E-state index contributed by atoms with van der Waals surface area (Å²) < 4.78 is 0. The molecule has 72 valence electrons. The number of carboxylic acids is 1. The van der Waals surface area contributed by atoms with E-state index in [0.717, 1.165) is 31.6 Å². The SMILES string of the molecule is CC1CCC(C(=O)O)CC1.CN. The maximum Gasteiger partial charge on any atom is 0.306 e. The van der Waals surface area contributed by atoms with Gasteiger partial charge in [-0.25, -0.2) is 0 Å². The number of carboxylic acid groups (broad SMARTS) is 1. The minimum atomic E-state index is -0.605. The molecule has 0 aromatic heterocycles. The van der Waals surface area contributed by atoms with Crippen LogP contribution in [0.2, 0.25) is 0 Å². The Hall–Kier alpha value is -0.570. The molecule has 1 aliphatic rings. The van der Waals surface area contributed by atoms with Crippen molar-refractivity contribution in [2.24, 2.45) is 17.6 Å². The van der Waals surface area contributed by atoms with Crippen LogP contribution < -0.4 is 5.73 Å². The van der Waals surface area contributed by atoms with Crippen molar-refractivity contribution >= 4 is 5.97 Å². The van der Waals surface area contributed by atoms with Crippen LogP contribution in [0.25, 0.3) is 0 Å². The quantitative estimate of drug-likeness (QED) is 0.631. The smallest absolute Gasteiger partial charge is 0.306 e. The highest BCUT2D eigenvalue weighted by molar-refractivity contribution is 5.69. The van der Waals surface area contributed by atoms with Crippen LogP contribution in [0.1, 0.15) is 32.6 Å². The molecule has 1 saturated carbocycles. The van der Waals surface area contributed by atoms with Gasteiger partial charge in [-0.15, -0.1) is 0 Å². The van der Waals surface area contributed by atoms with Gasteiger partial charge in [-0.3, -0.25) is 4.79 Å². The third-order valence-corrected chi connectivity index (χ3v) is 2.37. The van der Waals surface area contributed by atoms with Gasteiger partial charge in [-0.05, 0) is 38.6 Å². The van der Waals surface area contributed by atoms with E-state index in [0.29, 0.717) is 0 Å². The van der Waals surface area contributed by atoms with Crippen molar-refractivity contribution in [3.8, 4) is 0 Å². The molecule has 0 aromatic rings. The lowest BCUT2D eigenvalue weighted by Gasteiger charge is -2.22. The van der Waals surface area contributed by atoms with E-state index < -0.39 is 5.97 Å². The fourth-order valence-electron chi connectivity index (χ4n) is 1.51. The Morgan fingerprint density at radius 1 is 1.25 bits per heavy atom. The van der Waals surface area contributed by atoms with Crippen molar-refractivity contribution in [2.45, 2.75) is 32.6 Å². The lowest BCUT2D eigenvalue weighted by molar-refractivity contribution is -0.143. The van der Waals surface area contributed by atoms with E-state index in [2.05, 4.69) is 12.7 Å². The zero-order valence-electron chi connectivity index (χ0n) is 7.92. The molecule has 0 atom stereocenters. The summed E-state index contributed by atoms with van der Waals surface area (Å²) in [6, 6.07) is 0. The van der Waals surface area contributed by atoms with E-state index in [1.807, 2.05) is 0 Å². The summed E-state index contributed by atoms with van der Waals surface area (Å²) in [5.41, 5.74) is 4.50. The summed E-state index contributed by atoms with van der Waals surface area (Å²) in [5, 5.41) is 8.62. The Bertz CT molecular complexity index is 128. The predicted molar refractivity (Wildman–Crippen MR) is 48.9 cm³/mol. The lowest BCUT2D eigenvalue weighted by atomic mass is 9.83. The fourth-order valence-corrected chi connectivity index (χ4v) is 1.51. The van der Waals surface area contributed by atoms with Crippen LogP contribution in [0.4, 0.5) is 0 Å². The molecule has 0 bridgehead atoms. The van der Waals surface area contributed by atoms with Gasteiger partial charge in [0.05, 0.1) is 5.92 Å². The number of aliphatic carboxylic acids is 1. The minimum Gasteiger partial charge on any atom is -0.481 e. The highest BCUT2D eigenvalue weighted by Crippen LogP contribution is 2.27. The Morgan fingerprint density at radius 3 is 2.00 bits per heavy atom. The lowest BCUT2D eigenvalue weighted by Crippen LogP contribution is -2.19. The van der Waals surface area contributed by atoms with Crippen LogP contribution in [0.15, 0.2) is 0 Å². The molecule has 1 fully saturated rings. The zero-order chi connectivity index (χ0) is 9.56. The number of carbonyl (C=O) groups is 1. The molecule has 3 N–H and O–H groups in total. The van der Waals surface area contributed by atoms with Gasteiger partial charge < -0.3 is 10.8 Å².